The van der Waals surface area contributed by atoms with Crippen LogP contribution in [0.25, 0.3) is 0 Å². The van der Waals surface area contributed by atoms with Crippen molar-refractivity contribution in [1.29, 1.82) is 0 Å². The second-order valence-corrected chi connectivity index (χ2v) is 4.86. The van der Waals surface area contributed by atoms with Gasteiger partial charge in [0, 0.05) is 32.0 Å². The van der Waals surface area contributed by atoms with Crippen LogP contribution in [-0.4, -0.2) is 35.8 Å². The van der Waals surface area contributed by atoms with Gasteiger partial charge in [0.15, 0.2) is 0 Å². The van der Waals surface area contributed by atoms with E-state index in [1.165, 1.54) is 6.42 Å². The summed E-state index contributed by atoms with van der Waals surface area (Å²) in [6, 6.07) is 0.443. The summed E-state index contributed by atoms with van der Waals surface area (Å²) in [6.45, 7) is 2.87. The normalized spacial score (nSPS) is 20.1. The summed E-state index contributed by atoms with van der Waals surface area (Å²) in [5.74, 6) is 0.539. The van der Waals surface area contributed by atoms with E-state index < -0.39 is 0 Å². The molecule has 2 saturated carbocycles. The molecule has 2 amide bonds. The lowest BCUT2D eigenvalue weighted by Gasteiger charge is -2.25. The van der Waals surface area contributed by atoms with Gasteiger partial charge in [0.05, 0.1) is 0 Å². The van der Waals surface area contributed by atoms with E-state index in [0.717, 1.165) is 25.7 Å². The van der Waals surface area contributed by atoms with Crippen LogP contribution in [0.5, 0.6) is 0 Å². The topological polar surface area (TPSA) is 49.4 Å². The SMILES string of the molecule is CC(=O)N(CCNC(=O)C1CCC1)C1CC1. The van der Waals surface area contributed by atoms with Gasteiger partial charge in [0.1, 0.15) is 0 Å². The number of carbonyl (C=O) groups is 2. The molecule has 0 atom stereocenters. The van der Waals surface area contributed by atoms with Crippen LogP contribution in [0.15, 0.2) is 0 Å². The Morgan fingerprint density at radius 1 is 1.25 bits per heavy atom. The van der Waals surface area contributed by atoms with Gasteiger partial charge in [-0.15, -0.1) is 0 Å². The van der Waals surface area contributed by atoms with Crippen LogP contribution >= 0.6 is 0 Å². The molecule has 0 aromatic rings. The summed E-state index contributed by atoms with van der Waals surface area (Å²) in [6.07, 6.45) is 5.49. The Morgan fingerprint density at radius 3 is 2.38 bits per heavy atom. The number of carbonyl (C=O) groups excluding carboxylic acids is 2. The fraction of sp³-hybridized carbons (Fsp3) is 0.833. The van der Waals surface area contributed by atoms with Crippen LogP contribution in [0, 0.1) is 5.92 Å². The van der Waals surface area contributed by atoms with E-state index in [-0.39, 0.29) is 17.7 Å². The molecule has 0 radical (unpaired) electrons. The van der Waals surface area contributed by atoms with Crippen LogP contribution in [0.3, 0.4) is 0 Å². The number of nitrogens with zero attached hydrogens (tertiary/aromatic N) is 1. The van der Waals surface area contributed by atoms with E-state index >= 15 is 0 Å². The fourth-order valence-corrected chi connectivity index (χ4v) is 2.10. The number of hydrogen-bond acceptors (Lipinski definition) is 2. The molecule has 2 aliphatic carbocycles. The van der Waals surface area contributed by atoms with Gasteiger partial charge in [0.25, 0.3) is 0 Å². The fourth-order valence-electron chi connectivity index (χ4n) is 2.10. The van der Waals surface area contributed by atoms with Crippen LogP contribution in [0.1, 0.15) is 39.0 Å². The highest BCUT2D eigenvalue weighted by molar-refractivity contribution is 5.79. The third kappa shape index (κ3) is 2.74. The molecule has 1 N–H and O–H groups in total. The average Bonchev–Trinajstić information content (AvgIpc) is 2.92. The smallest absolute Gasteiger partial charge is 0.223 e. The summed E-state index contributed by atoms with van der Waals surface area (Å²) in [5.41, 5.74) is 0. The van der Waals surface area contributed by atoms with Crippen molar-refractivity contribution in [2.75, 3.05) is 13.1 Å². The lowest BCUT2D eigenvalue weighted by molar-refractivity contribution is -0.131. The Bertz CT molecular complexity index is 283. The zero-order chi connectivity index (χ0) is 11.5. The van der Waals surface area contributed by atoms with Gasteiger partial charge < -0.3 is 10.2 Å². The predicted molar refractivity (Wildman–Crippen MR) is 60.8 cm³/mol. The first-order valence-corrected chi connectivity index (χ1v) is 6.23. The average molecular weight is 224 g/mol. The Labute approximate surface area is 96.4 Å². The molecule has 4 heteroatoms. The van der Waals surface area contributed by atoms with Crippen molar-refractivity contribution < 1.29 is 9.59 Å². The molecular formula is C12H20N2O2. The van der Waals surface area contributed by atoms with Crippen molar-refractivity contribution in [2.24, 2.45) is 5.92 Å². The monoisotopic (exact) mass is 224 g/mol. The first-order valence-electron chi connectivity index (χ1n) is 6.23. The predicted octanol–water partition coefficient (Wildman–Crippen LogP) is 0.914. The van der Waals surface area contributed by atoms with E-state index in [2.05, 4.69) is 5.32 Å². The van der Waals surface area contributed by atoms with E-state index in [4.69, 9.17) is 0 Å². The number of rotatable bonds is 5. The molecule has 0 bridgehead atoms. The van der Waals surface area contributed by atoms with Gasteiger partial charge in [0.2, 0.25) is 11.8 Å². The van der Waals surface area contributed by atoms with Crippen LogP contribution in [-0.2, 0) is 9.59 Å². The van der Waals surface area contributed by atoms with Crippen molar-refractivity contribution in [3.05, 3.63) is 0 Å². The third-order valence-corrected chi connectivity index (χ3v) is 3.52. The Morgan fingerprint density at radius 2 is 1.94 bits per heavy atom. The summed E-state index contributed by atoms with van der Waals surface area (Å²) in [5, 5.41) is 2.92. The highest BCUT2D eigenvalue weighted by Crippen LogP contribution is 2.27. The minimum Gasteiger partial charge on any atom is -0.354 e. The highest BCUT2D eigenvalue weighted by atomic mass is 16.2. The zero-order valence-corrected chi connectivity index (χ0v) is 9.87. The minimum atomic E-state index is 0.125. The second kappa shape index (κ2) is 4.85. The summed E-state index contributed by atoms with van der Waals surface area (Å²) in [4.78, 5) is 24.7. The van der Waals surface area contributed by atoms with Gasteiger partial charge in [-0.25, -0.2) is 0 Å². The minimum absolute atomic E-state index is 0.125. The molecule has 0 aliphatic heterocycles. The molecule has 0 heterocycles. The van der Waals surface area contributed by atoms with Crippen LogP contribution < -0.4 is 5.32 Å². The largest absolute Gasteiger partial charge is 0.354 e. The molecule has 4 nitrogen and oxygen atoms in total. The van der Waals surface area contributed by atoms with Gasteiger partial charge >= 0.3 is 0 Å². The Balaban J connectivity index is 1.65. The van der Waals surface area contributed by atoms with Gasteiger partial charge in [-0.05, 0) is 25.7 Å². The lowest BCUT2D eigenvalue weighted by Crippen LogP contribution is -2.41. The number of amides is 2. The van der Waals surface area contributed by atoms with E-state index in [9.17, 15) is 9.59 Å². The first-order chi connectivity index (χ1) is 7.68. The standard InChI is InChI=1S/C12H20N2O2/c1-9(15)14(11-5-6-11)8-7-13-12(16)10-3-2-4-10/h10-11H,2-8H2,1H3,(H,13,16). The van der Waals surface area contributed by atoms with E-state index in [0.29, 0.717) is 19.1 Å². The molecule has 2 aliphatic rings. The van der Waals surface area contributed by atoms with Crippen molar-refractivity contribution in [2.45, 2.75) is 45.1 Å². The Hall–Kier alpha value is -1.06. The van der Waals surface area contributed by atoms with Crippen molar-refractivity contribution >= 4 is 11.8 Å². The van der Waals surface area contributed by atoms with Crippen molar-refractivity contribution in [1.82, 2.24) is 10.2 Å². The molecule has 0 aromatic heterocycles. The lowest BCUT2D eigenvalue weighted by atomic mass is 9.85. The van der Waals surface area contributed by atoms with Crippen molar-refractivity contribution in [3.8, 4) is 0 Å². The molecule has 0 saturated heterocycles. The summed E-state index contributed by atoms with van der Waals surface area (Å²) < 4.78 is 0. The van der Waals surface area contributed by atoms with E-state index in [1.54, 1.807) is 6.92 Å². The molecular weight excluding hydrogens is 204 g/mol. The molecule has 0 spiro atoms. The molecule has 2 rings (SSSR count). The summed E-state index contributed by atoms with van der Waals surface area (Å²) >= 11 is 0. The molecule has 2 fully saturated rings. The molecule has 90 valence electrons. The van der Waals surface area contributed by atoms with Gasteiger partial charge in [-0.1, -0.05) is 6.42 Å². The van der Waals surface area contributed by atoms with Gasteiger partial charge in [-0.2, -0.15) is 0 Å². The first kappa shape index (κ1) is 11.4. The maximum absolute atomic E-state index is 11.5. The zero-order valence-electron chi connectivity index (χ0n) is 9.87. The molecule has 0 aromatic carbocycles. The van der Waals surface area contributed by atoms with Gasteiger partial charge in [-0.3, -0.25) is 9.59 Å². The Kier molecular flexibility index (Phi) is 3.46. The number of nitrogens with one attached hydrogen (secondary N) is 1. The summed E-state index contributed by atoms with van der Waals surface area (Å²) in [7, 11) is 0. The molecule has 0 unspecified atom stereocenters. The third-order valence-electron chi connectivity index (χ3n) is 3.52. The maximum atomic E-state index is 11.5. The second-order valence-electron chi connectivity index (χ2n) is 4.86. The number of hydrogen-bond donors (Lipinski definition) is 1. The van der Waals surface area contributed by atoms with Crippen LogP contribution in [0.2, 0.25) is 0 Å². The molecule has 16 heavy (non-hydrogen) atoms. The highest BCUT2D eigenvalue weighted by Gasteiger charge is 2.30. The maximum Gasteiger partial charge on any atom is 0.223 e. The van der Waals surface area contributed by atoms with E-state index in [1.807, 2.05) is 4.90 Å². The van der Waals surface area contributed by atoms with Crippen LogP contribution in [0.4, 0.5) is 0 Å². The quantitative estimate of drug-likeness (QED) is 0.754. The van der Waals surface area contributed by atoms with Crippen molar-refractivity contribution in [3.63, 3.8) is 0 Å².